The Bertz CT molecular complexity index is 383. The van der Waals surface area contributed by atoms with Gasteiger partial charge in [0, 0.05) is 5.02 Å². The Morgan fingerprint density at radius 3 is 2.53 bits per heavy atom. The molecular formula is C12H17ClN2O2. The van der Waals surface area contributed by atoms with Crippen LogP contribution in [0, 0.1) is 5.92 Å². The van der Waals surface area contributed by atoms with Crippen LogP contribution in [0.5, 0.6) is 0 Å². The Morgan fingerprint density at radius 2 is 2.00 bits per heavy atom. The fourth-order valence-corrected chi connectivity index (χ4v) is 1.85. The van der Waals surface area contributed by atoms with Gasteiger partial charge in [-0.15, -0.1) is 0 Å². The van der Waals surface area contributed by atoms with Gasteiger partial charge in [0.1, 0.15) is 0 Å². The van der Waals surface area contributed by atoms with Crippen LogP contribution in [-0.4, -0.2) is 13.1 Å². The molecule has 0 heterocycles. The van der Waals surface area contributed by atoms with Crippen LogP contribution in [0.3, 0.4) is 0 Å². The molecule has 0 saturated carbocycles. The van der Waals surface area contributed by atoms with Gasteiger partial charge in [0.2, 0.25) is 0 Å². The van der Waals surface area contributed by atoms with Crippen LogP contribution in [0.25, 0.3) is 0 Å². The van der Waals surface area contributed by atoms with Crippen molar-refractivity contribution in [1.82, 2.24) is 10.8 Å². The van der Waals surface area contributed by atoms with Gasteiger partial charge in [-0.2, -0.15) is 0 Å². The highest BCUT2D eigenvalue weighted by molar-refractivity contribution is 6.31. The number of carbonyl (C=O) groups excluding carboxylic acids is 1. The lowest BCUT2D eigenvalue weighted by Gasteiger charge is -2.23. The number of halogens is 1. The lowest BCUT2D eigenvalue weighted by Crippen LogP contribution is -2.39. The summed E-state index contributed by atoms with van der Waals surface area (Å²) < 4.78 is 0. The Hall–Kier alpha value is -1.26. The minimum absolute atomic E-state index is 0.154. The van der Waals surface area contributed by atoms with E-state index < -0.39 is 0 Å². The molecule has 0 unspecified atom stereocenters. The van der Waals surface area contributed by atoms with Crippen molar-refractivity contribution in [2.75, 3.05) is 7.11 Å². The number of urea groups is 1. The van der Waals surface area contributed by atoms with Crippen molar-refractivity contribution in [2.24, 2.45) is 5.92 Å². The first-order valence-corrected chi connectivity index (χ1v) is 5.78. The average molecular weight is 257 g/mol. The second-order valence-electron chi connectivity index (χ2n) is 4.02. The van der Waals surface area contributed by atoms with Crippen molar-refractivity contribution in [2.45, 2.75) is 19.9 Å². The molecule has 1 aromatic carbocycles. The highest BCUT2D eigenvalue weighted by atomic mass is 35.5. The molecule has 0 aromatic heterocycles. The normalized spacial score (nSPS) is 12.3. The maximum absolute atomic E-state index is 11.5. The maximum atomic E-state index is 11.5. The van der Waals surface area contributed by atoms with Gasteiger partial charge >= 0.3 is 6.03 Å². The lowest BCUT2D eigenvalue weighted by molar-refractivity contribution is 0.105. The largest absolute Gasteiger partial charge is 0.339 e. The number of hydrogen-bond acceptors (Lipinski definition) is 2. The molecule has 1 atom stereocenters. The topological polar surface area (TPSA) is 50.4 Å². The van der Waals surface area contributed by atoms with Crippen molar-refractivity contribution in [1.29, 1.82) is 0 Å². The highest BCUT2D eigenvalue weighted by Crippen LogP contribution is 2.27. The second kappa shape index (κ2) is 6.47. The first-order valence-electron chi connectivity index (χ1n) is 5.40. The van der Waals surface area contributed by atoms with Gasteiger partial charge in [-0.1, -0.05) is 43.6 Å². The third-order valence-electron chi connectivity index (χ3n) is 2.39. The number of hydrogen-bond donors (Lipinski definition) is 2. The first-order chi connectivity index (χ1) is 8.06. The van der Waals surface area contributed by atoms with Gasteiger partial charge in [-0.25, -0.2) is 10.3 Å². The summed E-state index contributed by atoms with van der Waals surface area (Å²) in [7, 11) is 1.39. The molecule has 2 amide bonds. The van der Waals surface area contributed by atoms with E-state index in [2.05, 4.69) is 15.6 Å². The molecular weight excluding hydrogens is 240 g/mol. The summed E-state index contributed by atoms with van der Waals surface area (Å²) >= 11 is 6.12. The molecule has 0 spiro atoms. The summed E-state index contributed by atoms with van der Waals surface area (Å²) in [6.07, 6.45) is 0. The van der Waals surface area contributed by atoms with E-state index in [1.807, 2.05) is 38.1 Å². The molecule has 1 aromatic rings. The smallest absolute Gasteiger partial charge is 0.329 e. The molecule has 2 N–H and O–H groups in total. The molecule has 0 bridgehead atoms. The molecule has 0 radical (unpaired) electrons. The first kappa shape index (κ1) is 13.8. The lowest BCUT2D eigenvalue weighted by atomic mass is 9.96. The van der Waals surface area contributed by atoms with E-state index in [-0.39, 0.29) is 18.0 Å². The highest BCUT2D eigenvalue weighted by Gasteiger charge is 2.20. The van der Waals surface area contributed by atoms with Gasteiger partial charge in [0.25, 0.3) is 0 Å². The van der Waals surface area contributed by atoms with Gasteiger partial charge in [0.15, 0.2) is 0 Å². The van der Waals surface area contributed by atoms with E-state index in [1.54, 1.807) is 0 Å². The maximum Gasteiger partial charge on any atom is 0.339 e. The molecule has 5 heteroatoms. The van der Waals surface area contributed by atoms with E-state index in [0.29, 0.717) is 5.02 Å². The van der Waals surface area contributed by atoms with Crippen molar-refractivity contribution < 1.29 is 9.63 Å². The summed E-state index contributed by atoms with van der Waals surface area (Å²) in [6.45, 7) is 4.03. The molecule has 0 aliphatic rings. The Kier molecular flexibility index (Phi) is 5.25. The zero-order valence-electron chi connectivity index (χ0n) is 10.2. The third-order valence-corrected chi connectivity index (χ3v) is 2.73. The van der Waals surface area contributed by atoms with E-state index in [0.717, 1.165) is 5.56 Å². The van der Waals surface area contributed by atoms with Gasteiger partial charge < -0.3 is 5.32 Å². The zero-order chi connectivity index (χ0) is 12.8. The fourth-order valence-electron chi connectivity index (χ4n) is 1.59. The van der Waals surface area contributed by atoms with Crippen LogP contribution >= 0.6 is 11.6 Å². The quantitative estimate of drug-likeness (QED) is 0.814. The van der Waals surface area contributed by atoms with Crippen LogP contribution < -0.4 is 10.8 Å². The summed E-state index contributed by atoms with van der Waals surface area (Å²) in [6, 6.07) is 6.93. The van der Waals surface area contributed by atoms with Crippen molar-refractivity contribution >= 4 is 17.6 Å². The monoisotopic (exact) mass is 256 g/mol. The molecule has 1 rings (SSSR count). The van der Waals surface area contributed by atoms with Gasteiger partial charge in [0.05, 0.1) is 13.2 Å². The second-order valence-corrected chi connectivity index (χ2v) is 4.43. The predicted octanol–water partition coefficient (Wildman–Crippen LogP) is 2.90. The summed E-state index contributed by atoms with van der Waals surface area (Å²) in [5, 5.41) is 3.46. The van der Waals surface area contributed by atoms with Crippen molar-refractivity contribution in [3.8, 4) is 0 Å². The summed E-state index contributed by atoms with van der Waals surface area (Å²) in [5.74, 6) is 0.220. The van der Waals surface area contributed by atoms with Crippen LogP contribution in [0.2, 0.25) is 5.02 Å². The van der Waals surface area contributed by atoms with E-state index in [9.17, 15) is 4.79 Å². The Morgan fingerprint density at radius 1 is 1.35 bits per heavy atom. The molecule has 4 nitrogen and oxygen atoms in total. The summed E-state index contributed by atoms with van der Waals surface area (Å²) in [4.78, 5) is 16.0. The van der Waals surface area contributed by atoms with E-state index in [4.69, 9.17) is 11.6 Å². The molecule has 0 fully saturated rings. The fraction of sp³-hybridized carbons (Fsp3) is 0.417. The van der Waals surface area contributed by atoms with E-state index >= 15 is 0 Å². The average Bonchev–Trinajstić information content (AvgIpc) is 2.27. The third kappa shape index (κ3) is 3.91. The van der Waals surface area contributed by atoms with Crippen molar-refractivity contribution in [3.63, 3.8) is 0 Å². The van der Waals surface area contributed by atoms with Crippen LogP contribution in [0.1, 0.15) is 25.5 Å². The number of benzene rings is 1. The van der Waals surface area contributed by atoms with E-state index in [1.165, 1.54) is 7.11 Å². The Balaban J connectivity index is 2.87. The van der Waals surface area contributed by atoms with Crippen LogP contribution in [0.15, 0.2) is 24.3 Å². The number of amides is 2. The Labute approximate surface area is 106 Å². The van der Waals surface area contributed by atoms with Crippen molar-refractivity contribution in [3.05, 3.63) is 34.9 Å². The molecule has 17 heavy (non-hydrogen) atoms. The summed E-state index contributed by atoms with van der Waals surface area (Å²) in [5.41, 5.74) is 3.13. The number of carbonyl (C=O) groups is 1. The zero-order valence-corrected chi connectivity index (χ0v) is 10.9. The standard InChI is InChI=1S/C12H17ClN2O2/c1-8(2)11(14-12(16)15-17-3)9-6-4-5-7-10(9)13/h4-8,11H,1-3H3,(H2,14,15,16)/t11-/m1/s1. The van der Waals surface area contributed by atoms with Crippen LogP contribution in [0.4, 0.5) is 4.79 Å². The SMILES string of the molecule is CONC(=O)N[C@@H](c1ccccc1Cl)C(C)C. The molecule has 0 aliphatic heterocycles. The number of nitrogens with one attached hydrogen (secondary N) is 2. The van der Waals surface area contributed by atoms with Crippen LogP contribution in [-0.2, 0) is 4.84 Å². The number of hydroxylamine groups is 1. The number of rotatable bonds is 4. The van der Waals surface area contributed by atoms with Gasteiger partial charge in [-0.05, 0) is 17.5 Å². The van der Waals surface area contributed by atoms with Gasteiger partial charge in [-0.3, -0.25) is 4.84 Å². The molecule has 94 valence electrons. The predicted molar refractivity (Wildman–Crippen MR) is 67.7 cm³/mol. The minimum atomic E-state index is -0.383. The molecule has 0 aliphatic carbocycles. The minimum Gasteiger partial charge on any atom is -0.329 e. The molecule has 0 saturated heterocycles.